The third kappa shape index (κ3) is 13.5. The number of carboxylic acids is 1. The van der Waals surface area contributed by atoms with Crippen LogP contribution in [0, 0.1) is 11.3 Å². The fourth-order valence-corrected chi connectivity index (χ4v) is 5.13. The smallest absolute Gasteiger partial charge is 0.325 e. The van der Waals surface area contributed by atoms with Gasteiger partial charge in [-0.25, -0.2) is 0 Å². The Labute approximate surface area is 290 Å². The number of aromatic hydroxyl groups is 1. The maximum absolute atomic E-state index is 13.8. The normalized spacial score (nSPS) is 17.6. The van der Waals surface area contributed by atoms with Crippen LogP contribution >= 0.6 is 0 Å². The van der Waals surface area contributed by atoms with Crippen molar-refractivity contribution < 1.29 is 44.1 Å². The van der Waals surface area contributed by atoms with Gasteiger partial charge >= 0.3 is 5.97 Å². The van der Waals surface area contributed by atoms with Gasteiger partial charge in [0, 0.05) is 13.0 Å². The number of amides is 5. The van der Waals surface area contributed by atoms with Crippen LogP contribution in [0.4, 0.5) is 0 Å². The van der Waals surface area contributed by atoms with Crippen LogP contribution in [-0.4, -0.2) is 112 Å². The molecule has 18 heteroatoms. The summed E-state index contributed by atoms with van der Waals surface area (Å²) in [4.78, 5) is 77.9. The van der Waals surface area contributed by atoms with Crippen molar-refractivity contribution in [1.29, 1.82) is 5.41 Å². The number of phenolic OH excluding ortho intramolecular Hbond substituents is 1. The minimum absolute atomic E-state index is 0.0267. The van der Waals surface area contributed by atoms with Crippen LogP contribution < -0.4 is 43.0 Å². The van der Waals surface area contributed by atoms with Crippen molar-refractivity contribution in [3.8, 4) is 5.75 Å². The molecule has 0 spiro atoms. The van der Waals surface area contributed by atoms with Crippen molar-refractivity contribution in [2.45, 2.75) is 102 Å². The molecule has 7 atom stereocenters. The number of hydrogen-bond acceptors (Lipinski definition) is 10. The number of aliphatic hydroxyl groups is 1. The van der Waals surface area contributed by atoms with E-state index in [1.807, 2.05) is 0 Å². The lowest BCUT2D eigenvalue weighted by molar-refractivity contribution is -0.142. The lowest BCUT2D eigenvalue weighted by Crippen LogP contribution is -2.61. The van der Waals surface area contributed by atoms with Crippen molar-refractivity contribution in [3.05, 3.63) is 29.8 Å². The summed E-state index contributed by atoms with van der Waals surface area (Å²) in [6, 6.07) is -1.10. The third-order valence-electron chi connectivity index (χ3n) is 8.04. The van der Waals surface area contributed by atoms with E-state index >= 15 is 0 Å². The van der Waals surface area contributed by atoms with Gasteiger partial charge in [-0.2, -0.15) is 0 Å². The molecule has 0 aromatic heterocycles. The van der Waals surface area contributed by atoms with Gasteiger partial charge in [-0.15, -0.1) is 0 Å². The second-order valence-corrected chi connectivity index (χ2v) is 12.7. The standard InChI is InChI=1S/C32H51N9O9/c1-16(2)24(29(47)38-22(8-6-14-36-32(33)34)27(45)37-17(3)31(49)50)40-28(46)23(15-19-9-11-20(43)12-10-19)39-30(48)25(18(4)42)41-26(44)21-7-5-13-35-21/h9-12,16-18,21-25,35,42-43H,5-8,13-15H2,1-4H3,(H,37,45)(H,38,47)(H,39,48)(H,40,46)(H,41,44)(H,49,50)(H4,33,34,36)/t17-,18+,21-,22-,23-,24-,25-/m0/s1. The van der Waals surface area contributed by atoms with Gasteiger partial charge in [-0.05, 0) is 69.7 Å². The van der Waals surface area contributed by atoms with Crippen LogP contribution in [0.25, 0.3) is 0 Å². The number of rotatable bonds is 19. The molecule has 1 fully saturated rings. The Kier molecular flexibility index (Phi) is 16.4. The van der Waals surface area contributed by atoms with Gasteiger partial charge < -0.3 is 58.3 Å². The summed E-state index contributed by atoms with van der Waals surface area (Å²) in [6.45, 7) is 6.69. The zero-order chi connectivity index (χ0) is 37.5. The highest BCUT2D eigenvalue weighted by atomic mass is 16.4. The number of nitrogens with one attached hydrogen (secondary N) is 8. The van der Waals surface area contributed by atoms with Crippen LogP contribution in [0.5, 0.6) is 5.75 Å². The van der Waals surface area contributed by atoms with E-state index in [1.165, 1.54) is 38.1 Å². The number of carbonyl (C=O) groups excluding carboxylic acids is 5. The molecule has 1 aromatic rings. The molecule has 50 heavy (non-hydrogen) atoms. The van der Waals surface area contributed by atoms with E-state index in [0.717, 1.165) is 6.42 Å². The fourth-order valence-electron chi connectivity index (χ4n) is 5.13. The van der Waals surface area contributed by atoms with Crippen LogP contribution in [0.15, 0.2) is 24.3 Å². The maximum atomic E-state index is 13.8. The van der Waals surface area contributed by atoms with Crippen molar-refractivity contribution in [3.63, 3.8) is 0 Å². The van der Waals surface area contributed by atoms with Gasteiger partial charge in [0.2, 0.25) is 29.5 Å². The first-order valence-electron chi connectivity index (χ1n) is 16.5. The first-order chi connectivity index (χ1) is 23.5. The molecule has 13 N–H and O–H groups in total. The second-order valence-electron chi connectivity index (χ2n) is 12.7. The minimum atomic E-state index is -1.41. The highest BCUT2D eigenvalue weighted by Crippen LogP contribution is 2.13. The number of nitrogens with two attached hydrogens (primary N) is 1. The molecule has 1 aromatic carbocycles. The summed E-state index contributed by atoms with van der Waals surface area (Å²) in [5.74, 6) is -5.80. The molecule has 1 aliphatic heterocycles. The minimum Gasteiger partial charge on any atom is -0.508 e. The maximum Gasteiger partial charge on any atom is 0.325 e. The average molecular weight is 706 g/mol. The Morgan fingerprint density at radius 3 is 2.02 bits per heavy atom. The van der Waals surface area contributed by atoms with Crippen molar-refractivity contribution >= 4 is 41.5 Å². The van der Waals surface area contributed by atoms with Gasteiger partial charge in [0.1, 0.15) is 36.0 Å². The topological polar surface area (TPSA) is 297 Å². The zero-order valence-electron chi connectivity index (χ0n) is 28.7. The first kappa shape index (κ1) is 41.2. The second kappa shape index (κ2) is 19.9. The molecular weight excluding hydrogens is 654 g/mol. The van der Waals surface area contributed by atoms with E-state index in [1.54, 1.807) is 13.8 Å². The van der Waals surface area contributed by atoms with E-state index in [2.05, 4.69) is 37.2 Å². The molecule has 0 saturated carbocycles. The van der Waals surface area contributed by atoms with E-state index in [4.69, 9.17) is 11.1 Å². The molecule has 0 bridgehead atoms. The van der Waals surface area contributed by atoms with Crippen molar-refractivity contribution in [2.75, 3.05) is 13.1 Å². The Morgan fingerprint density at radius 1 is 0.880 bits per heavy atom. The van der Waals surface area contributed by atoms with Gasteiger partial charge in [-0.1, -0.05) is 26.0 Å². The van der Waals surface area contributed by atoms with Crippen LogP contribution in [0.1, 0.15) is 58.9 Å². The molecule has 278 valence electrons. The van der Waals surface area contributed by atoms with E-state index in [9.17, 15) is 44.1 Å². The number of carbonyl (C=O) groups is 6. The molecule has 0 unspecified atom stereocenters. The summed E-state index contributed by atoms with van der Waals surface area (Å²) in [6.07, 6.45) is 0.191. The number of carboxylic acid groups (broad SMARTS) is 1. The van der Waals surface area contributed by atoms with E-state index in [0.29, 0.717) is 18.5 Å². The summed E-state index contributed by atoms with van der Waals surface area (Å²) >= 11 is 0. The zero-order valence-corrected chi connectivity index (χ0v) is 28.7. The Bertz CT molecular complexity index is 1350. The summed E-state index contributed by atoms with van der Waals surface area (Å²) in [5.41, 5.74) is 5.84. The molecule has 2 rings (SSSR count). The lowest BCUT2D eigenvalue weighted by atomic mass is 9.99. The monoisotopic (exact) mass is 705 g/mol. The molecular formula is C32H51N9O9. The molecule has 1 heterocycles. The largest absolute Gasteiger partial charge is 0.508 e. The Hall–Kier alpha value is -4.97. The van der Waals surface area contributed by atoms with E-state index in [-0.39, 0.29) is 37.5 Å². The number of hydrogen-bond donors (Lipinski definition) is 12. The van der Waals surface area contributed by atoms with Gasteiger partial charge in [0.25, 0.3) is 0 Å². The molecule has 18 nitrogen and oxygen atoms in total. The van der Waals surface area contributed by atoms with Crippen LogP contribution in [0.2, 0.25) is 0 Å². The molecule has 0 radical (unpaired) electrons. The number of guanidine groups is 1. The molecule has 1 saturated heterocycles. The van der Waals surface area contributed by atoms with Gasteiger partial charge in [0.15, 0.2) is 5.96 Å². The van der Waals surface area contributed by atoms with Crippen LogP contribution in [0.3, 0.4) is 0 Å². The van der Waals surface area contributed by atoms with Gasteiger partial charge in [0.05, 0.1) is 12.1 Å². The quantitative estimate of drug-likeness (QED) is 0.0405. The first-order valence-corrected chi connectivity index (χ1v) is 16.5. The van der Waals surface area contributed by atoms with E-state index < -0.39 is 83.8 Å². The van der Waals surface area contributed by atoms with Gasteiger partial charge in [-0.3, -0.25) is 34.2 Å². The predicted molar refractivity (Wildman–Crippen MR) is 181 cm³/mol. The summed E-state index contributed by atoms with van der Waals surface area (Å²) in [5, 5.41) is 54.9. The lowest BCUT2D eigenvalue weighted by Gasteiger charge is -2.29. The molecule has 0 aliphatic carbocycles. The predicted octanol–water partition coefficient (Wildman–Crippen LogP) is -2.48. The fraction of sp³-hybridized carbons (Fsp3) is 0.594. The molecule has 5 amide bonds. The Balaban J connectivity index is 2.29. The number of benzene rings is 1. The van der Waals surface area contributed by atoms with Crippen molar-refractivity contribution in [2.24, 2.45) is 11.7 Å². The SMILES string of the molecule is CC(C)[C@H](NC(=O)[C@H](Cc1ccc(O)cc1)NC(=O)[C@@H](NC(=O)[C@@H]1CCCN1)[C@@H](C)O)C(=O)N[C@@H](CCCNC(=N)N)C(=O)N[C@@H](C)C(=O)O. The van der Waals surface area contributed by atoms with Crippen LogP contribution in [-0.2, 0) is 35.2 Å². The summed E-state index contributed by atoms with van der Waals surface area (Å²) < 4.78 is 0. The average Bonchev–Trinajstić information content (AvgIpc) is 3.59. The number of aliphatic carboxylic acids is 1. The van der Waals surface area contributed by atoms with Crippen molar-refractivity contribution in [1.82, 2.24) is 37.2 Å². The summed E-state index contributed by atoms with van der Waals surface area (Å²) in [7, 11) is 0. The highest BCUT2D eigenvalue weighted by Gasteiger charge is 2.35. The molecule has 1 aliphatic rings. The number of aliphatic hydroxyl groups excluding tert-OH is 1. The third-order valence-corrected chi connectivity index (χ3v) is 8.04. The Morgan fingerprint density at radius 2 is 1.48 bits per heavy atom. The highest BCUT2D eigenvalue weighted by molar-refractivity contribution is 5.96. The number of phenols is 1.